The van der Waals surface area contributed by atoms with Crippen LogP contribution in [-0.2, 0) is 44.6 Å². The molecule has 3 aliphatic carbocycles. The number of aliphatic hydroxyl groups excluding tert-OH is 1. The number of hydrogen-bond acceptors (Lipinski definition) is 15. The average Bonchev–Trinajstić information content (AvgIpc) is 3.35. The number of nitrogens with one attached hydrogen (secondary N) is 1. The Labute approximate surface area is 488 Å². The molecule has 4 aliphatic rings. The number of ketones is 1. The van der Waals surface area contributed by atoms with E-state index >= 15 is 9.59 Å². The van der Waals surface area contributed by atoms with Crippen LogP contribution in [0.2, 0.25) is 0 Å². The van der Waals surface area contributed by atoms with Crippen LogP contribution in [0, 0.1) is 105 Å². The molecule has 2 saturated carbocycles. The third kappa shape index (κ3) is 11.1. The molecule has 1 amide bonds. The van der Waals surface area contributed by atoms with E-state index in [9.17, 15) is 29.7 Å². The van der Waals surface area contributed by atoms with Gasteiger partial charge >= 0.3 is 18.1 Å². The fourth-order valence-electron chi connectivity index (χ4n) is 10.9. The van der Waals surface area contributed by atoms with Crippen LogP contribution < -0.4 is 5.32 Å². The molecule has 4 N–H and O–H groups in total. The minimum atomic E-state index is -2.34. The van der Waals surface area contributed by atoms with Crippen molar-refractivity contribution in [3.05, 3.63) is 155 Å². The molecule has 1 aliphatic heterocycles. The van der Waals surface area contributed by atoms with Crippen LogP contribution in [-0.4, -0.2) is 112 Å². The number of fused-ring (bicyclic) bond motifs is 5. The van der Waals surface area contributed by atoms with Gasteiger partial charge in [0.2, 0.25) is 6.10 Å². The summed E-state index contributed by atoms with van der Waals surface area (Å²) in [6, 6.07) is 31.9. The minimum Gasteiger partial charge on any atom is -0.455 e. The molecular weight excluding hydrogens is 1360 g/mol. The zero-order valence-corrected chi connectivity index (χ0v) is 50.4. The molecule has 1 heterocycles. The van der Waals surface area contributed by atoms with Crippen LogP contribution in [0.15, 0.2) is 132 Å². The first-order valence-corrected chi connectivity index (χ1v) is 24.2. The number of carbonyl (C=O) groups excluding carboxylic acids is 5. The van der Waals surface area contributed by atoms with Crippen molar-refractivity contribution in [2.75, 3.05) is 18.8 Å². The van der Waals surface area contributed by atoms with E-state index in [1.54, 1.807) is 137 Å². The number of Topliss-reactive ketones (excluding diaryl/α,β-unsaturated/α-hetero) is 1. The Hall–Kier alpha value is -3.00. The van der Waals surface area contributed by atoms with Gasteiger partial charge in [0, 0.05) is 118 Å². The molecule has 71 heavy (non-hydrogen) atoms. The second-order valence-corrected chi connectivity index (χ2v) is 19.7. The molecule has 18 heteroatoms. The van der Waals surface area contributed by atoms with Gasteiger partial charge in [0.05, 0.1) is 35.7 Å². The van der Waals surface area contributed by atoms with E-state index in [4.69, 9.17) is 28.4 Å². The van der Waals surface area contributed by atoms with E-state index in [2.05, 4.69) is 5.32 Å². The summed E-state index contributed by atoms with van der Waals surface area (Å²) < 4.78 is 36.4. The van der Waals surface area contributed by atoms with Crippen molar-refractivity contribution < 1.29 is 156 Å². The maximum atomic E-state index is 15.4. The topological polar surface area (TPSA) is 213 Å². The van der Waals surface area contributed by atoms with Crippen LogP contribution in [0.3, 0.4) is 0 Å². The third-order valence-electron chi connectivity index (χ3n) is 14.7. The number of ether oxygens (including phenoxy) is 6. The molecule has 11 atom stereocenters. The Kier molecular flexibility index (Phi) is 19.1. The molecule has 4 aromatic carbocycles. The standard InChI is InChI=1S/C53H57NO14S.2Ac/c1-31-36(66-48(59)42(67-49(60)63-28-32-18-10-6-11-19-32)40(33-20-12-7-13-21-33)54-46(57)34-22-14-8-15-23-34)27-53(62)45(68-47(58)35-24-16-9-17-25-35)43-51(4,44(56)41(55)39(31)50(53,2)3)37(65-30-69-5)26-38-52(43,61)29-64-38;;/h6-25,36-38,40-43,45,55,61-62H,26-30H2,1-5H3,(H,54,57);;/t36?,37?,38?,40?,41?,42?,43?,45?,51-,52?,53?;;/m1../s1. The molecule has 3 fully saturated rings. The summed E-state index contributed by atoms with van der Waals surface area (Å²) in [5, 5.41) is 41.9. The van der Waals surface area contributed by atoms with E-state index in [-0.39, 0.29) is 136 Å². The number of aliphatic hydroxyl groups is 3. The molecule has 4 aromatic rings. The zero-order chi connectivity index (χ0) is 49.3. The number of amides is 1. The quantitative estimate of drug-likeness (QED) is 0.0472. The van der Waals surface area contributed by atoms with Crippen LogP contribution in [0.5, 0.6) is 0 Å². The van der Waals surface area contributed by atoms with Crippen molar-refractivity contribution in [3.8, 4) is 0 Å². The second kappa shape index (κ2) is 23.7. The van der Waals surface area contributed by atoms with E-state index < -0.39 is 107 Å². The number of carbonyl (C=O) groups is 5. The van der Waals surface area contributed by atoms with Gasteiger partial charge in [-0.2, -0.15) is 0 Å². The van der Waals surface area contributed by atoms with Gasteiger partial charge in [0.15, 0.2) is 5.78 Å². The Bertz CT molecular complexity index is 2570. The average molecular weight is 1420 g/mol. The summed E-state index contributed by atoms with van der Waals surface area (Å²) in [6.45, 7) is 5.78. The van der Waals surface area contributed by atoms with Crippen molar-refractivity contribution in [1.29, 1.82) is 0 Å². The molecule has 0 aromatic heterocycles. The maximum Gasteiger partial charge on any atom is 0.509 e. The Morgan fingerprint density at radius 2 is 1.41 bits per heavy atom. The van der Waals surface area contributed by atoms with Gasteiger partial charge in [-0.05, 0) is 66.6 Å². The van der Waals surface area contributed by atoms with E-state index in [0.717, 1.165) is 0 Å². The Balaban J connectivity index is 0.00000413. The first-order valence-electron chi connectivity index (χ1n) is 22.8. The van der Waals surface area contributed by atoms with Crippen LogP contribution in [0.25, 0.3) is 0 Å². The summed E-state index contributed by atoms with van der Waals surface area (Å²) >= 11 is 1.35. The monoisotopic (exact) mass is 1420 g/mol. The van der Waals surface area contributed by atoms with Crippen molar-refractivity contribution in [1.82, 2.24) is 5.32 Å². The van der Waals surface area contributed by atoms with Crippen molar-refractivity contribution in [2.45, 2.75) is 101 Å². The zero-order valence-electron chi connectivity index (χ0n) is 40.1. The van der Waals surface area contributed by atoms with Crippen LogP contribution in [0.1, 0.15) is 78.4 Å². The second-order valence-electron chi connectivity index (χ2n) is 18.9. The number of hydrogen-bond donors (Lipinski definition) is 4. The SMILES string of the molecule is CSCOC1CC2OCC2(O)C2C(OC(=O)c3ccccc3)C3(O)CC(OC(=O)C(OC(=O)OCc4ccccc4)C(NC(=O)c4ccccc4)c4ccccc4)C(C)=C(C(O)C(=O)[C@]12C)C3(C)C.[Ac].[Ac]. The number of esters is 2. The predicted octanol–water partition coefficient (Wildman–Crippen LogP) is 6.30. The molecule has 10 unspecified atom stereocenters. The van der Waals surface area contributed by atoms with Gasteiger partial charge in [-0.25, -0.2) is 14.4 Å². The van der Waals surface area contributed by atoms with E-state index in [0.29, 0.717) is 11.1 Å². The van der Waals surface area contributed by atoms with E-state index in [1.807, 2.05) is 6.26 Å². The first kappa shape index (κ1) is 57.3. The molecule has 370 valence electrons. The van der Waals surface area contributed by atoms with Crippen LogP contribution in [0.4, 0.5) is 4.79 Å². The van der Waals surface area contributed by atoms with E-state index in [1.165, 1.54) is 23.9 Å². The molecular formula is C53H57Ac2NO14S. The largest absolute Gasteiger partial charge is 0.509 e. The molecule has 1 saturated heterocycles. The van der Waals surface area contributed by atoms with Crippen molar-refractivity contribution >= 4 is 41.5 Å². The Morgan fingerprint density at radius 1 is 0.831 bits per heavy atom. The van der Waals surface area contributed by atoms with Crippen molar-refractivity contribution in [2.24, 2.45) is 16.7 Å². The van der Waals surface area contributed by atoms with Crippen LogP contribution >= 0.6 is 11.8 Å². The fourth-order valence-corrected chi connectivity index (χ4v) is 11.2. The first-order chi connectivity index (χ1) is 32.9. The number of benzene rings is 4. The number of rotatable bonds is 14. The van der Waals surface area contributed by atoms with Gasteiger partial charge in [-0.15, -0.1) is 11.8 Å². The summed E-state index contributed by atoms with van der Waals surface area (Å²) in [6.07, 6.45) is -8.97. The number of thioether (sulfide) groups is 1. The summed E-state index contributed by atoms with van der Waals surface area (Å²) in [7, 11) is 0. The molecule has 2 radical (unpaired) electrons. The van der Waals surface area contributed by atoms with Gasteiger partial charge in [-0.3, -0.25) is 9.59 Å². The van der Waals surface area contributed by atoms with Gasteiger partial charge in [0.25, 0.3) is 5.91 Å². The van der Waals surface area contributed by atoms with Crippen molar-refractivity contribution in [3.63, 3.8) is 0 Å². The summed E-state index contributed by atoms with van der Waals surface area (Å²) in [5.41, 5.74) is -6.16. The Morgan fingerprint density at radius 3 is 1.99 bits per heavy atom. The normalized spacial score (nSPS) is 29.0. The van der Waals surface area contributed by atoms with Gasteiger partial charge < -0.3 is 49.1 Å². The predicted molar refractivity (Wildman–Crippen MR) is 251 cm³/mol. The molecule has 15 nitrogen and oxygen atoms in total. The van der Waals surface area contributed by atoms with Gasteiger partial charge in [-0.1, -0.05) is 111 Å². The summed E-state index contributed by atoms with van der Waals surface area (Å²) in [4.78, 5) is 72.4. The smallest absolute Gasteiger partial charge is 0.455 e. The summed E-state index contributed by atoms with van der Waals surface area (Å²) in [5.74, 6) is -4.79. The molecule has 0 spiro atoms. The third-order valence-corrected chi connectivity index (χ3v) is 15.0. The maximum absolute atomic E-state index is 15.4. The minimum absolute atomic E-state index is 0. The van der Waals surface area contributed by atoms with Gasteiger partial charge in [0.1, 0.15) is 42.2 Å². The fraction of sp³-hybridized carbons (Fsp3) is 0.415. The molecule has 2 bridgehead atoms. The molecule has 8 rings (SSSR count).